The summed E-state index contributed by atoms with van der Waals surface area (Å²) < 4.78 is 0. The van der Waals surface area contributed by atoms with Crippen molar-refractivity contribution in [3.8, 4) is 6.07 Å². The van der Waals surface area contributed by atoms with Gasteiger partial charge in [0.1, 0.15) is 5.69 Å². The summed E-state index contributed by atoms with van der Waals surface area (Å²) in [6, 6.07) is 4.72. The van der Waals surface area contributed by atoms with Crippen LogP contribution in [0.4, 0.5) is 0 Å². The summed E-state index contributed by atoms with van der Waals surface area (Å²) in [4.78, 5) is 27.6. The monoisotopic (exact) mass is 247 g/mol. The first-order chi connectivity index (χ1) is 8.45. The fraction of sp³-hybridized carbons (Fsp3) is 0.333. The van der Waals surface area contributed by atoms with Crippen LogP contribution in [0.3, 0.4) is 0 Å². The van der Waals surface area contributed by atoms with Crippen LogP contribution in [0, 0.1) is 17.2 Å². The molecule has 1 rings (SSSR count). The van der Waals surface area contributed by atoms with E-state index in [1.807, 2.05) is 6.07 Å². The fourth-order valence-electron chi connectivity index (χ4n) is 1.40. The third-order valence-electron chi connectivity index (χ3n) is 2.34. The summed E-state index contributed by atoms with van der Waals surface area (Å²) in [5.74, 6) is -1.69. The minimum atomic E-state index is -1.14. The Bertz CT molecular complexity index is 490. The lowest BCUT2D eigenvalue weighted by atomic mass is 10.1. The molecule has 1 N–H and O–H groups in total. The summed E-state index contributed by atoms with van der Waals surface area (Å²) in [7, 11) is 1.58. The lowest BCUT2D eigenvalue weighted by Crippen LogP contribution is -2.30. The molecule has 18 heavy (non-hydrogen) atoms. The lowest BCUT2D eigenvalue weighted by Gasteiger charge is -2.18. The third kappa shape index (κ3) is 3.28. The zero-order valence-corrected chi connectivity index (χ0v) is 10.1. The van der Waals surface area contributed by atoms with Crippen molar-refractivity contribution in [3.63, 3.8) is 0 Å². The lowest BCUT2D eigenvalue weighted by molar-refractivity contribution is 0.0688. The molecule has 6 heteroatoms. The number of amides is 1. The van der Waals surface area contributed by atoms with Crippen LogP contribution in [-0.4, -0.2) is 40.5 Å². The van der Waals surface area contributed by atoms with Gasteiger partial charge in [-0.05, 0) is 19.1 Å². The SMILES string of the molecule is CC(C#N)CN(C)C(=O)c1ccc(C(=O)O)nc1. The molecule has 0 fully saturated rings. The maximum absolute atomic E-state index is 11.9. The molecular formula is C12H13N3O3. The van der Waals surface area contributed by atoms with Crippen molar-refractivity contribution >= 4 is 11.9 Å². The number of carbonyl (C=O) groups is 2. The van der Waals surface area contributed by atoms with Gasteiger partial charge in [-0.25, -0.2) is 9.78 Å². The second-order valence-corrected chi connectivity index (χ2v) is 3.95. The molecule has 1 amide bonds. The first kappa shape index (κ1) is 13.6. The van der Waals surface area contributed by atoms with Crippen LogP contribution in [0.1, 0.15) is 27.8 Å². The Balaban J connectivity index is 2.78. The standard InChI is InChI=1S/C12H13N3O3/c1-8(5-13)7-15(2)11(16)9-3-4-10(12(17)18)14-6-9/h3-4,6,8H,7H2,1-2H3,(H,17,18). The second-order valence-electron chi connectivity index (χ2n) is 3.95. The van der Waals surface area contributed by atoms with Gasteiger partial charge in [0.15, 0.2) is 0 Å². The molecular weight excluding hydrogens is 234 g/mol. The van der Waals surface area contributed by atoms with E-state index >= 15 is 0 Å². The first-order valence-electron chi connectivity index (χ1n) is 5.30. The number of nitriles is 1. The van der Waals surface area contributed by atoms with Crippen LogP contribution in [0.25, 0.3) is 0 Å². The molecule has 0 aliphatic heterocycles. The van der Waals surface area contributed by atoms with Crippen LogP contribution in [0.15, 0.2) is 18.3 Å². The van der Waals surface area contributed by atoms with Crippen molar-refractivity contribution in [2.45, 2.75) is 6.92 Å². The molecule has 0 spiro atoms. The maximum atomic E-state index is 11.9. The molecule has 1 atom stereocenters. The quantitative estimate of drug-likeness (QED) is 0.856. The molecule has 1 unspecified atom stereocenters. The molecule has 1 heterocycles. The largest absolute Gasteiger partial charge is 0.477 e. The number of aromatic carboxylic acids is 1. The molecule has 0 aliphatic carbocycles. The van der Waals surface area contributed by atoms with Gasteiger partial charge in [0.25, 0.3) is 5.91 Å². The number of rotatable bonds is 4. The van der Waals surface area contributed by atoms with Gasteiger partial charge in [0.05, 0.1) is 17.6 Å². The molecule has 1 aromatic heterocycles. The number of carboxylic acids is 1. The normalized spacial score (nSPS) is 11.4. The number of hydrogen-bond acceptors (Lipinski definition) is 4. The minimum absolute atomic E-state index is 0.111. The summed E-state index contributed by atoms with van der Waals surface area (Å²) in [5.41, 5.74) is 0.187. The summed E-state index contributed by atoms with van der Waals surface area (Å²) in [5, 5.41) is 17.3. The molecule has 0 bridgehead atoms. The predicted octanol–water partition coefficient (Wildman–Crippen LogP) is 1.01. The van der Waals surface area contributed by atoms with E-state index in [1.54, 1.807) is 14.0 Å². The Morgan fingerprint density at radius 3 is 2.67 bits per heavy atom. The highest BCUT2D eigenvalue weighted by atomic mass is 16.4. The number of nitrogens with zero attached hydrogens (tertiary/aromatic N) is 3. The van der Waals surface area contributed by atoms with Gasteiger partial charge in [-0.3, -0.25) is 4.79 Å². The van der Waals surface area contributed by atoms with Gasteiger partial charge in [0, 0.05) is 19.8 Å². The highest BCUT2D eigenvalue weighted by Gasteiger charge is 2.15. The molecule has 0 radical (unpaired) electrons. The Labute approximate surface area is 104 Å². The van der Waals surface area contributed by atoms with E-state index in [-0.39, 0.29) is 17.5 Å². The summed E-state index contributed by atoms with van der Waals surface area (Å²) in [6.45, 7) is 2.03. The maximum Gasteiger partial charge on any atom is 0.354 e. The fourth-order valence-corrected chi connectivity index (χ4v) is 1.40. The van der Waals surface area contributed by atoms with Gasteiger partial charge in [-0.15, -0.1) is 0 Å². The number of carboxylic acid groups (broad SMARTS) is 1. The van der Waals surface area contributed by atoms with E-state index < -0.39 is 5.97 Å². The Morgan fingerprint density at radius 1 is 1.56 bits per heavy atom. The zero-order chi connectivity index (χ0) is 13.7. The zero-order valence-electron chi connectivity index (χ0n) is 10.1. The van der Waals surface area contributed by atoms with Gasteiger partial charge < -0.3 is 10.0 Å². The number of hydrogen-bond donors (Lipinski definition) is 1. The van der Waals surface area contributed by atoms with Crippen LogP contribution in [0.2, 0.25) is 0 Å². The minimum Gasteiger partial charge on any atom is -0.477 e. The van der Waals surface area contributed by atoms with E-state index in [2.05, 4.69) is 4.98 Å². The molecule has 0 aliphatic rings. The van der Waals surface area contributed by atoms with Crippen molar-refractivity contribution in [1.29, 1.82) is 5.26 Å². The van der Waals surface area contributed by atoms with Crippen LogP contribution < -0.4 is 0 Å². The molecule has 0 aromatic carbocycles. The van der Waals surface area contributed by atoms with Crippen molar-refractivity contribution in [3.05, 3.63) is 29.6 Å². The third-order valence-corrected chi connectivity index (χ3v) is 2.34. The van der Waals surface area contributed by atoms with E-state index in [9.17, 15) is 9.59 Å². The van der Waals surface area contributed by atoms with E-state index in [1.165, 1.54) is 23.2 Å². The van der Waals surface area contributed by atoms with Crippen LogP contribution in [-0.2, 0) is 0 Å². The Kier molecular flexibility index (Phi) is 4.38. The van der Waals surface area contributed by atoms with Crippen LogP contribution in [0.5, 0.6) is 0 Å². The number of pyridine rings is 1. The van der Waals surface area contributed by atoms with Crippen LogP contribution >= 0.6 is 0 Å². The van der Waals surface area contributed by atoms with Crippen molar-refractivity contribution in [1.82, 2.24) is 9.88 Å². The van der Waals surface area contributed by atoms with Gasteiger partial charge in [-0.2, -0.15) is 5.26 Å². The molecule has 0 saturated heterocycles. The molecule has 0 saturated carbocycles. The van der Waals surface area contributed by atoms with Crippen molar-refractivity contribution in [2.75, 3.05) is 13.6 Å². The van der Waals surface area contributed by atoms with Crippen molar-refractivity contribution < 1.29 is 14.7 Å². The van der Waals surface area contributed by atoms with Crippen molar-refractivity contribution in [2.24, 2.45) is 5.92 Å². The van der Waals surface area contributed by atoms with E-state index in [0.717, 1.165) is 0 Å². The van der Waals surface area contributed by atoms with Gasteiger partial charge >= 0.3 is 5.97 Å². The second kappa shape index (κ2) is 5.77. The molecule has 1 aromatic rings. The first-order valence-corrected chi connectivity index (χ1v) is 5.30. The number of carbonyl (C=O) groups excluding carboxylic acids is 1. The molecule has 6 nitrogen and oxygen atoms in total. The Hall–Kier alpha value is -2.42. The van der Waals surface area contributed by atoms with Gasteiger partial charge in [0.2, 0.25) is 0 Å². The van der Waals surface area contributed by atoms with Gasteiger partial charge in [-0.1, -0.05) is 0 Å². The molecule has 94 valence electrons. The smallest absolute Gasteiger partial charge is 0.354 e. The highest BCUT2D eigenvalue weighted by molar-refractivity contribution is 5.94. The van der Waals surface area contributed by atoms with E-state index in [0.29, 0.717) is 12.1 Å². The number of aromatic nitrogens is 1. The topological polar surface area (TPSA) is 94.3 Å². The summed E-state index contributed by atoms with van der Waals surface area (Å²) >= 11 is 0. The predicted molar refractivity (Wildman–Crippen MR) is 62.9 cm³/mol. The average molecular weight is 247 g/mol. The Morgan fingerprint density at radius 2 is 2.22 bits per heavy atom. The van der Waals surface area contributed by atoms with E-state index in [4.69, 9.17) is 10.4 Å². The highest BCUT2D eigenvalue weighted by Crippen LogP contribution is 2.06. The summed E-state index contributed by atoms with van der Waals surface area (Å²) in [6.07, 6.45) is 1.22. The average Bonchev–Trinajstić information content (AvgIpc) is 2.37.